The van der Waals surface area contributed by atoms with Crippen molar-refractivity contribution >= 4 is 109 Å². The minimum atomic E-state index is 0.191. The Morgan fingerprint density at radius 2 is 1.08 bits per heavy atom. The first kappa shape index (κ1) is 24.6. The van der Waals surface area contributed by atoms with Crippen LogP contribution < -0.4 is 0 Å². The van der Waals surface area contributed by atoms with Gasteiger partial charge in [0.05, 0.1) is 26.1 Å². The molecule has 0 saturated heterocycles. The number of hydrogen-bond donors (Lipinski definition) is 0. The van der Waals surface area contributed by atoms with Crippen LogP contribution in [0.15, 0.2) is 91.0 Å². The van der Waals surface area contributed by atoms with E-state index in [0.29, 0.717) is 5.15 Å². The molecular formula is C30H15Cl3N4S2. The van der Waals surface area contributed by atoms with E-state index in [-0.39, 0.29) is 10.6 Å². The average Bonchev–Trinajstić information content (AvgIpc) is 3.52. The third-order valence-electron chi connectivity index (χ3n) is 6.37. The van der Waals surface area contributed by atoms with Crippen LogP contribution in [0, 0.1) is 0 Å². The summed E-state index contributed by atoms with van der Waals surface area (Å²) in [6, 6.07) is 31.0. The molecule has 0 bridgehead atoms. The smallest absolute Gasteiger partial charge is 0.216 e. The van der Waals surface area contributed by atoms with Gasteiger partial charge in [-0.05, 0) is 52.2 Å². The average molecular weight is 602 g/mol. The zero-order chi connectivity index (χ0) is 26.5. The minimum absolute atomic E-state index is 0.191. The van der Waals surface area contributed by atoms with Gasteiger partial charge >= 0.3 is 0 Å². The van der Waals surface area contributed by atoms with E-state index in [1.807, 2.05) is 48.5 Å². The summed E-state index contributed by atoms with van der Waals surface area (Å²) >= 11 is 21.3. The predicted octanol–water partition coefficient (Wildman–Crippen LogP) is 10.5. The van der Waals surface area contributed by atoms with Crippen molar-refractivity contribution in [1.29, 1.82) is 0 Å². The van der Waals surface area contributed by atoms with Crippen LogP contribution in [0.5, 0.6) is 0 Å². The summed E-state index contributed by atoms with van der Waals surface area (Å²) in [5.74, 6) is 0. The summed E-state index contributed by atoms with van der Waals surface area (Å²) in [5, 5.41) is 5.51. The van der Waals surface area contributed by atoms with Crippen molar-refractivity contribution in [3.8, 4) is 11.3 Å². The molecule has 0 amide bonds. The van der Waals surface area contributed by atoms with Gasteiger partial charge in [0.25, 0.3) is 0 Å². The van der Waals surface area contributed by atoms with Crippen LogP contribution in [0.2, 0.25) is 15.7 Å². The van der Waals surface area contributed by atoms with Crippen molar-refractivity contribution in [3.63, 3.8) is 0 Å². The van der Waals surface area contributed by atoms with Gasteiger partial charge in [-0.25, -0.2) is 19.9 Å². The lowest BCUT2D eigenvalue weighted by atomic mass is 10.0. The number of benzene rings is 4. The Labute approximate surface area is 245 Å². The highest BCUT2D eigenvalue weighted by Crippen LogP contribution is 2.39. The zero-order valence-corrected chi connectivity index (χ0v) is 23.8. The van der Waals surface area contributed by atoms with Gasteiger partial charge in [-0.3, -0.25) is 0 Å². The van der Waals surface area contributed by atoms with Crippen LogP contribution in [0.4, 0.5) is 0 Å². The Balaban J connectivity index is 0.000000145. The number of thiophene rings is 2. The maximum Gasteiger partial charge on any atom is 0.224 e. The van der Waals surface area contributed by atoms with Crippen molar-refractivity contribution in [2.45, 2.75) is 0 Å². The van der Waals surface area contributed by atoms with Gasteiger partial charge in [0.2, 0.25) is 10.6 Å². The zero-order valence-electron chi connectivity index (χ0n) is 19.9. The van der Waals surface area contributed by atoms with Crippen molar-refractivity contribution in [3.05, 3.63) is 107 Å². The summed E-state index contributed by atoms with van der Waals surface area (Å²) in [6.07, 6.45) is 0. The van der Waals surface area contributed by atoms with Gasteiger partial charge in [0, 0.05) is 25.7 Å². The molecule has 4 aromatic carbocycles. The van der Waals surface area contributed by atoms with Crippen LogP contribution in [0.25, 0.3) is 62.6 Å². The Morgan fingerprint density at radius 3 is 1.79 bits per heavy atom. The Bertz CT molecular complexity index is 2190. The lowest BCUT2D eigenvalue weighted by Gasteiger charge is -2.05. The predicted molar refractivity (Wildman–Crippen MR) is 168 cm³/mol. The molecule has 0 saturated carbocycles. The first-order valence-corrected chi connectivity index (χ1v) is 14.7. The standard InChI is InChI=1S/C20H11ClN2S.C10H4Cl2N2S/c21-20-22-17(14-10-9-12-5-1-2-6-13(12)11-14)19-18(23-20)15-7-3-4-8-16(15)24-19;11-9-8-7(13-10(12)14-9)5-3-1-2-4-6(5)15-8/h1-11H;1-4H. The lowest BCUT2D eigenvalue weighted by molar-refractivity contribution is 1.23. The van der Waals surface area contributed by atoms with Gasteiger partial charge in [-0.2, -0.15) is 0 Å². The van der Waals surface area contributed by atoms with E-state index in [1.54, 1.807) is 22.7 Å². The Morgan fingerprint density at radius 1 is 0.513 bits per heavy atom. The summed E-state index contributed by atoms with van der Waals surface area (Å²) in [6.45, 7) is 0. The number of halogens is 3. The van der Waals surface area contributed by atoms with Gasteiger partial charge in [-0.15, -0.1) is 22.7 Å². The van der Waals surface area contributed by atoms with Crippen LogP contribution in [-0.4, -0.2) is 19.9 Å². The maximum absolute atomic E-state index is 6.23. The first-order valence-electron chi connectivity index (χ1n) is 11.9. The summed E-state index contributed by atoms with van der Waals surface area (Å²) in [5.41, 5.74) is 3.73. The fourth-order valence-corrected chi connectivity index (χ4v) is 7.47. The number of rotatable bonds is 1. The van der Waals surface area contributed by atoms with Crippen LogP contribution in [0.3, 0.4) is 0 Å². The van der Waals surface area contributed by atoms with E-state index in [4.69, 9.17) is 34.8 Å². The Kier molecular flexibility index (Phi) is 6.30. The number of nitrogens with zero attached hydrogens (tertiary/aromatic N) is 4. The molecule has 9 heteroatoms. The second-order valence-corrected chi connectivity index (χ2v) is 11.9. The fourth-order valence-electron chi connectivity index (χ4n) is 4.63. The van der Waals surface area contributed by atoms with Gasteiger partial charge < -0.3 is 0 Å². The molecule has 4 aromatic heterocycles. The monoisotopic (exact) mass is 600 g/mol. The highest BCUT2D eigenvalue weighted by molar-refractivity contribution is 7.26. The van der Waals surface area contributed by atoms with Crippen molar-refractivity contribution < 1.29 is 0 Å². The van der Waals surface area contributed by atoms with Gasteiger partial charge in [0.15, 0.2) is 5.15 Å². The largest absolute Gasteiger partial charge is 0.224 e. The Hall–Kier alpha value is -3.39. The van der Waals surface area contributed by atoms with E-state index in [2.05, 4.69) is 62.4 Å². The van der Waals surface area contributed by atoms with Gasteiger partial charge in [-0.1, -0.05) is 84.4 Å². The molecular weight excluding hydrogens is 587 g/mol. The molecule has 8 rings (SSSR count). The topological polar surface area (TPSA) is 51.6 Å². The first-order chi connectivity index (χ1) is 19.0. The molecule has 4 heterocycles. The second-order valence-electron chi connectivity index (χ2n) is 8.74. The van der Waals surface area contributed by atoms with E-state index in [0.717, 1.165) is 47.2 Å². The van der Waals surface area contributed by atoms with Crippen molar-refractivity contribution in [2.75, 3.05) is 0 Å². The molecule has 8 aromatic rings. The maximum atomic E-state index is 6.23. The molecule has 0 spiro atoms. The van der Waals surface area contributed by atoms with E-state index >= 15 is 0 Å². The van der Waals surface area contributed by atoms with Crippen LogP contribution in [-0.2, 0) is 0 Å². The number of fused-ring (bicyclic) bond motifs is 7. The third kappa shape index (κ3) is 4.48. The van der Waals surface area contributed by atoms with Crippen LogP contribution >= 0.6 is 57.5 Å². The summed E-state index contributed by atoms with van der Waals surface area (Å²) < 4.78 is 4.32. The number of hydrogen-bond acceptors (Lipinski definition) is 6. The summed E-state index contributed by atoms with van der Waals surface area (Å²) in [7, 11) is 0. The van der Waals surface area contributed by atoms with Gasteiger partial charge in [0.1, 0.15) is 0 Å². The molecule has 39 heavy (non-hydrogen) atoms. The molecule has 188 valence electrons. The lowest BCUT2D eigenvalue weighted by Crippen LogP contribution is -1.89. The summed E-state index contributed by atoms with van der Waals surface area (Å²) in [4.78, 5) is 17.1. The van der Waals surface area contributed by atoms with E-state index in [9.17, 15) is 0 Å². The van der Waals surface area contributed by atoms with Crippen LogP contribution in [0.1, 0.15) is 0 Å². The molecule has 0 aliphatic rings. The molecule has 0 fully saturated rings. The van der Waals surface area contributed by atoms with E-state index in [1.165, 1.54) is 15.5 Å². The second kappa shape index (κ2) is 9.97. The van der Waals surface area contributed by atoms with E-state index < -0.39 is 0 Å². The molecule has 0 atom stereocenters. The quantitative estimate of drug-likeness (QED) is 0.139. The number of aromatic nitrogens is 4. The minimum Gasteiger partial charge on any atom is -0.216 e. The SMILES string of the molecule is Clc1nc(-c2ccc3ccccc3c2)c2sc3ccccc3c2n1.Clc1nc(Cl)c2sc3ccccc3c2n1. The fraction of sp³-hybridized carbons (Fsp3) is 0. The molecule has 0 aliphatic heterocycles. The normalized spacial score (nSPS) is 11.5. The molecule has 0 unspecified atom stereocenters. The molecule has 4 nitrogen and oxygen atoms in total. The molecule has 0 aliphatic carbocycles. The third-order valence-corrected chi connectivity index (χ3v) is 9.42. The molecule has 0 N–H and O–H groups in total. The highest BCUT2D eigenvalue weighted by atomic mass is 35.5. The van der Waals surface area contributed by atoms with Crippen molar-refractivity contribution in [1.82, 2.24) is 19.9 Å². The molecule has 0 radical (unpaired) electrons. The van der Waals surface area contributed by atoms with Crippen molar-refractivity contribution in [2.24, 2.45) is 0 Å². The highest BCUT2D eigenvalue weighted by Gasteiger charge is 2.15.